The van der Waals surface area contributed by atoms with Crippen molar-refractivity contribution in [3.8, 4) is 11.1 Å². The number of nitrogens with one attached hydrogen (secondary N) is 1. The number of carbonyl (C=O) groups is 3. The number of hydrogen-bond donors (Lipinski definition) is 3. The van der Waals surface area contributed by atoms with E-state index in [0.29, 0.717) is 9.88 Å². The van der Waals surface area contributed by atoms with Crippen LogP contribution in [0.15, 0.2) is 54.7 Å². The molecule has 2 aliphatic rings. The van der Waals surface area contributed by atoms with Gasteiger partial charge < -0.3 is 25.2 Å². The molecule has 1 fully saturated rings. The molecular formula is C25H23N3O6S. The highest BCUT2D eigenvalue weighted by Crippen LogP contribution is 2.44. The first kappa shape index (κ1) is 23.0. The third kappa shape index (κ3) is 4.38. The highest BCUT2D eigenvalue weighted by atomic mass is 32.1. The predicted molar refractivity (Wildman–Crippen MR) is 127 cm³/mol. The van der Waals surface area contributed by atoms with E-state index < -0.39 is 23.6 Å². The van der Waals surface area contributed by atoms with Gasteiger partial charge in [0.15, 0.2) is 5.60 Å². The van der Waals surface area contributed by atoms with Crippen molar-refractivity contribution in [3.63, 3.8) is 0 Å². The number of carboxylic acid groups (broad SMARTS) is 1. The average Bonchev–Trinajstić information content (AvgIpc) is 3.58. The quantitative estimate of drug-likeness (QED) is 0.482. The summed E-state index contributed by atoms with van der Waals surface area (Å²) in [6, 6.07) is 16.2. The minimum atomic E-state index is -1.92. The van der Waals surface area contributed by atoms with Crippen LogP contribution in [0.5, 0.6) is 0 Å². The molecule has 1 aromatic heterocycles. The van der Waals surface area contributed by atoms with Gasteiger partial charge in [-0.2, -0.15) is 0 Å². The van der Waals surface area contributed by atoms with E-state index in [1.165, 1.54) is 11.1 Å². The topological polar surface area (TPSA) is 129 Å². The number of fused-ring (bicyclic) bond motifs is 3. The van der Waals surface area contributed by atoms with Crippen LogP contribution in [0.25, 0.3) is 11.1 Å². The average molecular weight is 494 g/mol. The lowest BCUT2D eigenvalue weighted by Gasteiger charge is -2.18. The number of ether oxygens (including phenoxy) is 1. The minimum absolute atomic E-state index is 0.0247. The highest BCUT2D eigenvalue weighted by molar-refractivity contribution is 7.13. The van der Waals surface area contributed by atoms with E-state index in [-0.39, 0.29) is 38.6 Å². The highest BCUT2D eigenvalue weighted by Gasteiger charge is 2.45. The summed E-state index contributed by atoms with van der Waals surface area (Å²) in [5, 5.41) is 22.4. The molecule has 9 nitrogen and oxygen atoms in total. The van der Waals surface area contributed by atoms with Gasteiger partial charge in [-0.15, -0.1) is 11.3 Å². The van der Waals surface area contributed by atoms with Gasteiger partial charge >= 0.3 is 12.1 Å². The predicted octanol–water partition coefficient (Wildman–Crippen LogP) is 2.84. The van der Waals surface area contributed by atoms with E-state index >= 15 is 0 Å². The number of amides is 2. The van der Waals surface area contributed by atoms with Crippen molar-refractivity contribution in [1.82, 2.24) is 15.2 Å². The van der Waals surface area contributed by atoms with Gasteiger partial charge in [0, 0.05) is 18.9 Å². The Hall–Kier alpha value is -3.76. The van der Waals surface area contributed by atoms with Crippen LogP contribution >= 0.6 is 11.3 Å². The van der Waals surface area contributed by atoms with Crippen molar-refractivity contribution in [1.29, 1.82) is 0 Å². The van der Waals surface area contributed by atoms with Crippen molar-refractivity contribution < 1.29 is 29.3 Å². The molecule has 1 aliphatic carbocycles. The smallest absolute Gasteiger partial charge is 0.407 e. The molecule has 3 aromatic rings. The SMILES string of the molecule is O=C(NCc1ncc(C(=O)N2CCC(O)(C(=O)O)C2)s1)OCC1c2ccccc2-c2ccccc21. The fourth-order valence-corrected chi connectivity index (χ4v) is 5.41. The molecule has 0 bridgehead atoms. The van der Waals surface area contributed by atoms with Crippen LogP contribution in [0, 0.1) is 0 Å². The number of nitrogens with zero attached hydrogens (tertiary/aromatic N) is 2. The van der Waals surface area contributed by atoms with Gasteiger partial charge in [-0.05, 0) is 22.3 Å². The number of likely N-dealkylation sites (tertiary alicyclic amines) is 1. The van der Waals surface area contributed by atoms with E-state index in [2.05, 4.69) is 22.4 Å². The van der Waals surface area contributed by atoms with Gasteiger partial charge in [0.2, 0.25) is 0 Å². The van der Waals surface area contributed by atoms with E-state index in [1.807, 2.05) is 36.4 Å². The summed E-state index contributed by atoms with van der Waals surface area (Å²) >= 11 is 1.10. The largest absolute Gasteiger partial charge is 0.479 e. The van der Waals surface area contributed by atoms with Gasteiger partial charge in [-0.1, -0.05) is 48.5 Å². The van der Waals surface area contributed by atoms with Crippen molar-refractivity contribution in [2.45, 2.75) is 24.5 Å². The maximum atomic E-state index is 12.6. The fourth-order valence-electron chi connectivity index (χ4n) is 4.59. The monoisotopic (exact) mass is 493 g/mol. The third-order valence-corrected chi connectivity index (χ3v) is 7.41. The Labute approximate surface area is 205 Å². The van der Waals surface area contributed by atoms with Crippen molar-refractivity contribution in [2.75, 3.05) is 19.7 Å². The summed E-state index contributed by atoms with van der Waals surface area (Å²) in [6.45, 7) is 0.163. The van der Waals surface area contributed by atoms with Gasteiger partial charge in [0.05, 0.1) is 19.3 Å². The summed E-state index contributed by atoms with van der Waals surface area (Å²) in [6.07, 6.45) is 0.782. The van der Waals surface area contributed by atoms with Crippen LogP contribution in [0.1, 0.15) is 38.1 Å². The molecule has 2 heterocycles. The number of carbonyl (C=O) groups excluding carboxylic acids is 2. The van der Waals surface area contributed by atoms with Gasteiger partial charge in [-0.3, -0.25) is 4.79 Å². The Morgan fingerprint density at radius 2 is 1.77 bits per heavy atom. The summed E-state index contributed by atoms with van der Waals surface area (Å²) in [7, 11) is 0. The molecule has 5 rings (SSSR count). The molecule has 1 aliphatic heterocycles. The second kappa shape index (κ2) is 9.12. The number of β-amino-alcohol motifs (C(OH)–C–C–N with tert-alkyl or cyclic N) is 1. The molecule has 1 saturated heterocycles. The molecule has 180 valence electrons. The molecule has 0 radical (unpaired) electrons. The Bertz CT molecular complexity index is 1260. The molecule has 0 spiro atoms. The third-order valence-electron chi connectivity index (χ3n) is 6.43. The van der Waals surface area contributed by atoms with E-state index in [1.54, 1.807) is 0 Å². The molecule has 2 amide bonds. The number of benzene rings is 2. The second-order valence-electron chi connectivity index (χ2n) is 8.61. The van der Waals surface area contributed by atoms with E-state index in [9.17, 15) is 19.5 Å². The molecular weight excluding hydrogens is 470 g/mol. The standard InChI is InChI=1S/C25H23N3O6S/c29-22(28-10-9-25(33,14-28)23(30)31)20-11-26-21(35-20)12-27-24(32)34-13-19-17-7-3-1-5-15(17)16-6-2-4-8-18(16)19/h1-8,11,19,33H,9-10,12-14H2,(H,27,32)(H,30,31). The molecule has 10 heteroatoms. The number of aliphatic hydroxyl groups is 1. The van der Waals surface area contributed by atoms with Crippen LogP contribution < -0.4 is 5.32 Å². The van der Waals surface area contributed by atoms with Crippen LogP contribution in [-0.4, -0.2) is 63.4 Å². The lowest BCUT2D eigenvalue weighted by atomic mass is 9.98. The normalized spacial score (nSPS) is 18.7. The number of hydrogen-bond acceptors (Lipinski definition) is 7. The van der Waals surface area contributed by atoms with Gasteiger partial charge in [0.25, 0.3) is 5.91 Å². The van der Waals surface area contributed by atoms with Crippen LogP contribution in [0.3, 0.4) is 0 Å². The molecule has 1 unspecified atom stereocenters. The number of carboxylic acids is 1. The summed E-state index contributed by atoms with van der Waals surface area (Å²) in [5.41, 5.74) is 2.63. The first-order valence-electron chi connectivity index (χ1n) is 11.1. The lowest BCUT2D eigenvalue weighted by molar-refractivity contribution is -0.156. The summed E-state index contributed by atoms with van der Waals surface area (Å²) < 4.78 is 5.51. The Kier molecular flexibility index (Phi) is 6.00. The van der Waals surface area contributed by atoms with E-state index in [0.717, 1.165) is 33.6 Å². The van der Waals surface area contributed by atoms with Crippen LogP contribution in [-0.2, 0) is 16.1 Å². The van der Waals surface area contributed by atoms with E-state index in [4.69, 9.17) is 9.84 Å². The Balaban J connectivity index is 1.15. The maximum absolute atomic E-state index is 12.6. The van der Waals surface area contributed by atoms with Crippen LogP contribution in [0.4, 0.5) is 4.79 Å². The first-order chi connectivity index (χ1) is 16.9. The minimum Gasteiger partial charge on any atom is -0.479 e. The number of thiazole rings is 1. The van der Waals surface area contributed by atoms with Crippen molar-refractivity contribution in [2.24, 2.45) is 0 Å². The summed E-state index contributed by atoms with van der Waals surface area (Å²) in [4.78, 5) is 42.0. The molecule has 3 N–H and O–H groups in total. The zero-order chi connectivity index (χ0) is 24.6. The van der Waals surface area contributed by atoms with Crippen LogP contribution in [0.2, 0.25) is 0 Å². The summed E-state index contributed by atoms with van der Waals surface area (Å²) in [5.74, 6) is -1.78. The number of aliphatic carboxylic acids is 1. The fraction of sp³-hybridized carbons (Fsp3) is 0.280. The van der Waals surface area contributed by atoms with Gasteiger partial charge in [0.1, 0.15) is 16.5 Å². The number of rotatable bonds is 6. The Morgan fingerprint density at radius 1 is 1.11 bits per heavy atom. The Morgan fingerprint density at radius 3 is 2.40 bits per heavy atom. The molecule has 2 aromatic carbocycles. The zero-order valence-corrected chi connectivity index (χ0v) is 19.5. The number of alkyl carbamates (subject to hydrolysis) is 1. The molecule has 35 heavy (non-hydrogen) atoms. The first-order valence-corrected chi connectivity index (χ1v) is 12.0. The molecule has 0 saturated carbocycles. The maximum Gasteiger partial charge on any atom is 0.407 e. The van der Waals surface area contributed by atoms with Crippen molar-refractivity contribution >= 4 is 29.3 Å². The van der Waals surface area contributed by atoms with Crippen molar-refractivity contribution in [3.05, 3.63) is 75.7 Å². The second-order valence-corrected chi connectivity index (χ2v) is 9.73. The number of aromatic nitrogens is 1. The van der Waals surface area contributed by atoms with Gasteiger partial charge in [-0.25, -0.2) is 14.6 Å². The zero-order valence-electron chi connectivity index (χ0n) is 18.6. The lowest BCUT2D eigenvalue weighted by Crippen LogP contribution is -2.42. The molecule has 1 atom stereocenters.